The van der Waals surface area contributed by atoms with Crippen molar-refractivity contribution in [3.05, 3.63) is 0 Å². The fraction of sp³-hybridized carbons (Fsp3) is 0.750. The van der Waals surface area contributed by atoms with Gasteiger partial charge in [0.25, 0.3) is 0 Å². The molecule has 0 unspecified atom stereocenters. The second-order valence-electron chi connectivity index (χ2n) is 3.09. The average Bonchev–Trinajstić information content (AvgIpc) is 2.22. The van der Waals surface area contributed by atoms with Crippen molar-refractivity contribution in [2.24, 2.45) is 0 Å². The molecule has 15 heavy (non-hydrogen) atoms. The number of rotatable bonds is 6. The Morgan fingerprint density at radius 2 is 1.87 bits per heavy atom. The van der Waals surface area contributed by atoms with Gasteiger partial charge in [0.2, 0.25) is 5.91 Å². The molecule has 0 aliphatic carbocycles. The third-order valence-corrected chi connectivity index (χ3v) is 1.82. The first-order chi connectivity index (χ1) is 6.93. The van der Waals surface area contributed by atoms with E-state index in [-0.39, 0.29) is 6.29 Å². The summed E-state index contributed by atoms with van der Waals surface area (Å²) in [6.45, 7) is 0.377. The maximum atomic E-state index is 10.6. The third kappa shape index (κ3) is 4.34. The van der Waals surface area contributed by atoms with Crippen LogP contribution in [0.5, 0.6) is 0 Å². The number of hydrogen-bond acceptors (Lipinski definition) is 6. The van der Waals surface area contributed by atoms with Gasteiger partial charge >= 0.3 is 0 Å². The predicted octanol–water partition coefficient (Wildman–Crippen LogP) is -3.23. The number of carbonyl (C=O) groups is 2. The third-order valence-electron chi connectivity index (χ3n) is 1.82. The Hall–Kier alpha value is -1.02. The van der Waals surface area contributed by atoms with Crippen LogP contribution in [0.4, 0.5) is 0 Å². The summed E-state index contributed by atoms with van der Waals surface area (Å²) < 4.78 is 0. The van der Waals surface area contributed by atoms with Gasteiger partial charge in [-0.1, -0.05) is 0 Å². The molecule has 0 aromatic heterocycles. The summed E-state index contributed by atoms with van der Waals surface area (Å²) in [7, 11) is 0. The molecule has 1 amide bonds. The van der Waals surface area contributed by atoms with Crippen molar-refractivity contribution in [3.8, 4) is 0 Å². The van der Waals surface area contributed by atoms with Crippen LogP contribution in [0.15, 0.2) is 0 Å². The lowest BCUT2D eigenvalue weighted by molar-refractivity contribution is -0.129. The zero-order valence-corrected chi connectivity index (χ0v) is 8.20. The maximum Gasteiger partial charge on any atom is 0.217 e. The highest BCUT2D eigenvalue weighted by Crippen LogP contribution is 2.03. The molecule has 0 saturated carbocycles. The van der Waals surface area contributed by atoms with E-state index in [0.29, 0.717) is 0 Å². The van der Waals surface area contributed by atoms with Crippen LogP contribution in [0, 0.1) is 0 Å². The molecule has 0 rings (SSSR count). The molecule has 0 aliphatic rings. The Kier molecular flexibility index (Phi) is 6.02. The molecule has 4 atom stereocenters. The van der Waals surface area contributed by atoms with Crippen LogP contribution < -0.4 is 5.32 Å². The van der Waals surface area contributed by atoms with Gasteiger partial charge in [-0.25, -0.2) is 0 Å². The molecule has 0 saturated heterocycles. The molecule has 0 aromatic rings. The SMILES string of the molecule is [13CH3][13C](=O)[15NH][C@@H](C=O)[C@@H](O)[C@H](O)[C@H](O)CO. The van der Waals surface area contributed by atoms with Crippen molar-refractivity contribution >= 4 is 12.2 Å². The van der Waals surface area contributed by atoms with Crippen molar-refractivity contribution in [2.45, 2.75) is 31.3 Å². The van der Waals surface area contributed by atoms with Crippen LogP contribution in [0.3, 0.4) is 0 Å². The Morgan fingerprint density at radius 3 is 2.20 bits per heavy atom. The highest BCUT2D eigenvalue weighted by Gasteiger charge is 2.31. The van der Waals surface area contributed by atoms with E-state index >= 15 is 0 Å². The topological polar surface area (TPSA) is 127 Å². The highest BCUT2D eigenvalue weighted by atomic mass is 16.4. The lowest BCUT2D eigenvalue weighted by Gasteiger charge is -2.25. The number of nitrogens with one attached hydrogen (secondary N) is 1. The molecule has 0 aliphatic heterocycles. The zero-order valence-electron chi connectivity index (χ0n) is 8.20. The van der Waals surface area contributed by atoms with E-state index in [4.69, 9.17) is 10.2 Å². The van der Waals surface area contributed by atoms with Gasteiger partial charge < -0.3 is 30.5 Å². The molecule has 0 fully saturated rings. The molecule has 7 nitrogen and oxygen atoms in total. The monoisotopic (exact) mass is 224 g/mol. The van der Waals surface area contributed by atoms with Crippen LogP contribution in [-0.4, -0.2) is 63.6 Å². The standard InChI is InChI=1S/C8H15NO6/c1-4(12)9-5(2-10)7(14)8(15)6(13)3-11/h2,5-8,11,13-15H,3H2,1H3,(H,9,12)/t5-,6+,7+,8+/m0/s1/i1+1,4+1,9+1. The number of aldehydes is 1. The van der Waals surface area contributed by atoms with Crippen molar-refractivity contribution in [2.75, 3.05) is 6.61 Å². The van der Waals surface area contributed by atoms with Gasteiger partial charge in [0.05, 0.1) is 6.61 Å². The molecular weight excluding hydrogens is 209 g/mol. The highest BCUT2D eigenvalue weighted by molar-refractivity contribution is 5.77. The van der Waals surface area contributed by atoms with Crippen molar-refractivity contribution in [3.63, 3.8) is 0 Å². The van der Waals surface area contributed by atoms with E-state index in [2.05, 4.69) is 5.32 Å². The van der Waals surface area contributed by atoms with Crippen molar-refractivity contribution in [1.82, 2.24) is 5.32 Å². The van der Waals surface area contributed by atoms with E-state index in [1.165, 1.54) is 0 Å². The summed E-state index contributed by atoms with van der Waals surface area (Å²) in [6, 6.07) is -1.32. The summed E-state index contributed by atoms with van der Waals surface area (Å²) in [5.74, 6) is -0.558. The summed E-state index contributed by atoms with van der Waals surface area (Å²) in [5, 5.41) is 38.2. The predicted molar refractivity (Wildman–Crippen MR) is 48.8 cm³/mol. The maximum absolute atomic E-state index is 10.6. The molecule has 0 aromatic carbocycles. The molecule has 0 bridgehead atoms. The summed E-state index contributed by atoms with van der Waals surface area (Å²) in [6.07, 6.45) is -4.72. The molecule has 0 heterocycles. The number of aliphatic hydroxyl groups excluding tert-OH is 4. The Labute approximate surface area is 86.3 Å². The Morgan fingerprint density at radius 1 is 1.33 bits per heavy atom. The molecule has 88 valence electrons. The first kappa shape index (κ1) is 14.0. The zero-order chi connectivity index (χ0) is 12.0. The van der Waals surface area contributed by atoms with E-state index in [1.807, 2.05) is 0 Å². The van der Waals surface area contributed by atoms with E-state index in [9.17, 15) is 19.8 Å². The largest absolute Gasteiger partial charge is 0.394 e. The second-order valence-corrected chi connectivity index (χ2v) is 3.09. The van der Waals surface area contributed by atoms with Crippen LogP contribution in [0.1, 0.15) is 6.92 Å². The van der Waals surface area contributed by atoms with Gasteiger partial charge in [0, 0.05) is 6.92 Å². The van der Waals surface area contributed by atoms with E-state index in [0.717, 1.165) is 6.92 Å². The lowest BCUT2D eigenvalue weighted by Crippen LogP contribution is -2.53. The van der Waals surface area contributed by atoms with Crippen LogP contribution in [0.2, 0.25) is 0 Å². The quantitative estimate of drug-likeness (QED) is 0.183. The Balaban J connectivity index is 4.42. The van der Waals surface area contributed by atoms with Gasteiger partial charge in [-0.05, 0) is 0 Å². The normalized spacial score (nSPS) is 18.7. The minimum absolute atomic E-state index is 0.235. The molecule has 0 radical (unpaired) electrons. The minimum atomic E-state index is -1.71. The first-order valence-corrected chi connectivity index (χ1v) is 4.31. The number of hydrogen-bond donors (Lipinski definition) is 5. The molecule has 5 N–H and O–H groups in total. The van der Waals surface area contributed by atoms with Gasteiger partial charge in [-0.2, -0.15) is 0 Å². The summed E-state index contributed by atoms with van der Waals surface area (Å²) in [5.41, 5.74) is 0. The van der Waals surface area contributed by atoms with Gasteiger partial charge in [-0.15, -0.1) is 0 Å². The lowest BCUT2D eigenvalue weighted by atomic mass is 10.0. The molecule has 0 spiro atoms. The Bertz CT molecular complexity index is 221. The van der Waals surface area contributed by atoms with E-state index < -0.39 is 36.9 Å². The molecular formula is C8H15NO6. The number of carbonyl (C=O) groups excluding carboxylic acids is 2. The summed E-state index contributed by atoms with van der Waals surface area (Å²) in [4.78, 5) is 21.1. The summed E-state index contributed by atoms with van der Waals surface area (Å²) >= 11 is 0. The van der Waals surface area contributed by atoms with E-state index in [1.54, 1.807) is 0 Å². The van der Waals surface area contributed by atoms with Crippen LogP contribution >= 0.6 is 0 Å². The fourth-order valence-corrected chi connectivity index (χ4v) is 0.983. The number of aliphatic hydroxyl groups is 4. The first-order valence-electron chi connectivity index (χ1n) is 4.31. The average molecular weight is 224 g/mol. The minimum Gasteiger partial charge on any atom is -0.394 e. The fourth-order valence-electron chi connectivity index (χ4n) is 0.983. The van der Waals surface area contributed by atoms with Crippen molar-refractivity contribution < 1.29 is 30.0 Å². The second kappa shape index (κ2) is 6.46. The van der Waals surface area contributed by atoms with Crippen LogP contribution in [-0.2, 0) is 9.59 Å². The smallest absolute Gasteiger partial charge is 0.217 e. The van der Waals surface area contributed by atoms with Gasteiger partial charge in [0.15, 0.2) is 0 Å². The van der Waals surface area contributed by atoms with Crippen molar-refractivity contribution in [1.29, 1.82) is 0 Å². The number of amides is 1. The van der Waals surface area contributed by atoms with Gasteiger partial charge in [-0.3, -0.25) is 4.79 Å². The molecule has 7 heteroatoms. The van der Waals surface area contributed by atoms with Gasteiger partial charge in [0.1, 0.15) is 30.6 Å². The van der Waals surface area contributed by atoms with Crippen LogP contribution in [0.25, 0.3) is 0 Å².